The van der Waals surface area contributed by atoms with Gasteiger partial charge in [0.2, 0.25) is 0 Å². The van der Waals surface area contributed by atoms with Crippen molar-refractivity contribution >= 4 is 5.97 Å². The predicted molar refractivity (Wildman–Crippen MR) is 260 cm³/mol. The number of carbonyl (C=O) groups excluding carboxylic acids is 1. The number of hydrogen-bond donors (Lipinski definition) is 2. The normalized spacial score (nSPS) is 59.9. The molecule has 16 fully saturated rings. The number of rotatable bonds is 0. The molecule has 75 heavy (non-hydrogen) atoms. The number of aliphatic hydroxyl groups excluding tert-OH is 1. The maximum Gasteiger partial charge on any atom is 0.308 e. The minimum atomic E-state index is -0.899. The molecule has 16 aliphatic heterocycles. The predicted octanol–water partition coefficient (Wildman–Crippen LogP) is 5.10. The third kappa shape index (κ3) is 8.48. The molecule has 18 heteroatoms. The van der Waals surface area contributed by atoms with Crippen molar-refractivity contribution in [2.24, 2.45) is 29.4 Å². The standard InChI is InChI=1S/C57H81NO17/c1-24-13-30-7-9-34-25(2)14-32(61-34)11-12-55-22-42-50(74-55)51-52(67-42)53(75-55)49-35(65-51)10-8-31(63-49)15-44(60)68-48-29(6)47-39(64-38(48)17-36(62-30)28(24)5)18-37-41(66-47)21-57(70-37)23-43-46(73-57)27(4)20-56(72-43)19-26(3)45-40(71-56)16-33(59)54(58)69-45/h24,26-27,29-43,45-54,59H,2,5,7-23,58H2,1,3-4,6H3/t24-,26+,27+,29+,30+,31-,32+,33-,34+,35+,36-,37-,38+,39+,40+,41-,42-,43+,45+,46+,47+,48-,49+,50+,51+,52-,53+,54+,55+,56-,57+/m1/s1. The summed E-state index contributed by atoms with van der Waals surface area (Å²) in [5.41, 5.74) is 8.28. The van der Waals surface area contributed by atoms with E-state index < -0.39 is 54.1 Å². The summed E-state index contributed by atoms with van der Waals surface area (Å²) in [7, 11) is 0. The molecule has 416 valence electrons. The Bertz CT molecular complexity index is 2260. The summed E-state index contributed by atoms with van der Waals surface area (Å²) in [5, 5.41) is 10.6. The molecule has 18 nitrogen and oxygen atoms in total. The average Bonchev–Trinajstić information content (AvgIpc) is 4.27. The molecule has 12 bridgehead atoms. The van der Waals surface area contributed by atoms with Crippen molar-refractivity contribution in [1.82, 2.24) is 0 Å². The summed E-state index contributed by atoms with van der Waals surface area (Å²) in [6.07, 6.45) is 3.43. The van der Waals surface area contributed by atoms with Gasteiger partial charge in [0.05, 0.1) is 110 Å². The Morgan fingerprint density at radius 2 is 1.15 bits per heavy atom. The molecule has 16 heterocycles. The van der Waals surface area contributed by atoms with Gasteiger partial charge < -0.3 is 81.9 Å². The first-order valence-electron chi connectivity index (χ1n) is 29.4. The zero-order valence-electron chi connectivity index (χ0n) is 44.2. The summed E-state index contributed by atoms with van der Waals surface area (Å²) in [6.45, 7) is 17.8. The van der Waals surface area contributed by atoms with Crippen molar-refractivity contribution in [2.45, 2.75) is 301 Å². The number of esters is 1. The van der Waals surface area contributed by atoms with Gasteiger partial charge in [0.25, 0.3) is 0 Å². The van der Waals surface area contributed by atoms with Crippen LogP contribution in [-0.4, -0.2) is 175 Å². The average molecular weight is 1050 g/mol. The summed E-state index contributed by atoms with van der Waals surface area (Å²) >= 11 is 0. The van der Waals surface area contributed by atoms with E-state index in [1.54, 1.807) is 0 Å². The largest absolute Gasteiger partial charge is 0.459 e. The van der Waals surface area contributed by atoms with Crippen molar-refractivity contribution < 1.29 is 81.0 Å². The molecule has 16 rings (SSSR count). The molecule has 0 saturated carbocycles. The number of aliphatic hydroxyl groups is 1. The smallest absolute Gasteiger partial charge is 0.308 e. The van der Waals surface area contributed by atoms with Crippen molar-refractivity contribution in [3.63, 3.8) is 0 Å². The highest BCUT2D eigenvalue weighted by Crippen LogP contribution is 2.57. The molecule has 0 radical (unpaired) electrons. The lowest BCUT2D eigenvalue weighted by Gasteiger charge is -2.54. The number of ether oxygens (including phenoxy) is 15. The monoisotopic (exact) mass is 1050 g/mol. The first-order valence-corrected chi connectivity index (χ1v) is 29.4. The minimum Gasteiger partial charge on any atom is -0.459 e. The van der Waals surface area contributed by atoms with E-state index >= 15 is 0 Å². The van der Waals surface area contributed by atoms with E-state index in [1.807, 2.05) is 0 Å². The van der Waals surface area contributed by atoms with Crippen LogP contribution in [0.25, 0.3) is 0 Å². The lowest BCUT2D eigenvalue weighted by atomic mass is 9.78. The van der Waals surface area contributed by atoms with Gasteiger partial charge in [-0.2, -0.15) is 0 Å². The molecule has 0 aliphatic carbocycles. The highest BCUT2D eigenvalue weighted by molar-refractivity contribution is 5.70. The molecule has 31 atom stereocenters. The van der Waals surface area contributed by atoms with E-state index in [0.29, 0.717) is 64.2 Å². The van der Waals surface area contributed by atoms with Gasteiger partial charge in [-0.1, -0.05) is 40.9 Å². The van der Waals surface area contributed by atoms with Crippen LogP contribution in [0, 0.1) is 23.7 Å². The number of fused-ring (bicyclic) bond motifs is 10. The van der Waals surface area contributed by atoms with Crippen LogP contribution in [0.3, 0.4) is 0 Å². The van der Waals surface area contributed by atoms with Crippen molar-refractivity contribution in [3.05, 3.63) is 24.3 Å². The van der Waals surface area contributed by atoms with E-state index in [0.717, 1.165) is 49.7 Å². The van der Waals surface area contributed by atoms with E-state index in [9.17, 15) is 9.90 Å². The molecular weight excluding hydrogens is 971 g/mol. The first kappa shape index (κ1) is 50.3. The topological polar surface area (TPSA) is 202 Å². The van der Waals surface area contributed by atoms with Crippen molar-refractivity contribution in [3.8, 4) is 0 Å². The molecule has 3 spiro atoms. The van der Waals surface area contributed by atoms with Gasteiger partial charge in [0.15, 0.2) is 17.4 Å². The van der Waals surface area contributed by atoms with Crippen LogP contribution in [-0.2, 0) is 75.8 Å². The lowest BCUT2D eigenvalue weighted by Crippen LogP contribution is -2.63. The van der Waals surface area contributed by atoms with Crippen LogP contribution in [0.5, 0.6) is 0 Å². The van der Waals surface area contributed by atoms with Crippen LogP contribution in [0.15, 0.2) is 24.3 Å². The number of hydrogen-bond acceptors (Lipinski definition) is 18. The molecule has 0 aromatic carbocycles. The Morgan fingerprint density at radius 1 is 0.480 bits per heavy atom. The zero-order valence-corrected chi connectivity index (χ0v) is 44.2. The van der Waals surface area contributed by atoms with Crippen LogP contribution < -0.4 is 5.73 Å². The van der Waals surface area contributed by atoms with Gasteiger partial charge in [-0.3, -0.25) is 4.79 Å². The Hall–Kier alpha value is -1.69. The van der Waals surface area contributed by atoms with Gasteiger partial charge >= 0.3 is 5.97 Å². The van der Waals surface area contributed by atoms with E-state index in [4.69, 9.17) is 76.8 Å². The molecule has 0 aromatic heterocycles. The summed E-state index contributed by atoms with van der Waals surface area (Å²) in [4.78, 5) is 14.5. The van der Waals surface area contributed by atoms with Crippen molar-refractivity contribution in [1.29, 1.82) is 0 Å². The Labute approximate surface area is 440 Å². The molecule has 16 saturated heterocycles. The van der Waals surface area contributed by atoms with Crippen LogP contribution in [0.2, 0.25) is 0 Å². The van der Waals surface area contributed by atoms with Crippen LogP contribution in [0.4, 0.5) is 0 Å². The molecule has 3 N–H and O–H groups in total. The van der Waals surface area contributed by atoms with Gasteiger partial charge in [-0.25, -0.2) is 0 Å². The number of carbonyl (C=O) groups is 1. The minimum absolute atomic E-state index is 0.00873. The van der Waals surface area contributed by atoms with Crippen LogP contribution >= 0.6 is 0 Å². The van der Waals surface area contributed by atoms with E-state index in [1.165, 1.54) is 0 Å². The summed E-state index contributed by atoms with van der Waals surface area (Å²) in [6, 6.07) is 0. The van der Waals surface area contributed by atoms with Gasteiger partial charge in [0, 0.05) is 63.7 Å². The zero-order chi connectivity index (χ0) is 51.0. The fraction of sp³-hybridized carbons (Fsp3) is 0.912. The second-order valence-electron chi connectivity index (χ2n) is 26.4. The SMILES string of the molecule is C=C1C[C@@H]2CC[C@@]34C[C@H]5O[C@H]6[C@@H](O3)[C@H]3O[C@H](CC[C@@H]3O[C@H]6[C@H]5O4)CC(=O)O[C@@H]3[C@@H](C)[C@@H]4O[C@@H]5C[C@]6(C[C@@H]7O[C@]8(C[C@H](C)[C@@H]9O[C@H](N)[C@H](O)C[C@@H]9O8)C[C@H](C)[C@@H]7O6)O[C@@H]5C[C@@H]4O[C@H]3C[C@H]3O[C@@H](CC[C@@H]1O2)C[C@@H](C)C3=C. The Morgan fingerprint density at radius 3 is 2.01 bits per heavy atom. The Balaban J connectivity index is 0.673. The van der Waals surface area contributed by atoms with Gasteiger partial charge in [-0.05, 0) is 73.8 Å². The third-order valence-electron chi connectivity index (χ3n) is 21.1. The summed E-state index contributed by atoms with van der Waals surface area (Å²) in [5.74, 6) is -2.62. The highest BCUT2D eigenvalue weighted by Gasteiger charge is 2.70. The highest BCUT2D eigenvalue weighted by atomic mass is 16.8. The fourth-order valence-corrected chi connectivity index (χ4v) is 17.6. The first-order chi connectivity index (χ1) is 36.1. The fourth-order valence-electron chi connectivity index (χ4n) is 17.6. The quantitative estimate of drug-likeness (QED) is 0.240. The second kappa shape index (κ2) is 18.4. The maximum absolute atomic E-state index is 14.5. The van der Waals surface area contributed by atoms with Gasteiger partial charge in [-0.15, -0.1) is 0 Å². The second-order valence-corrected chi connectivity index (χ2v) is 26.4. The Kier molecular flexibility index (Phi) is 12.3. The summed E-state index contributed by atoms with van der Waals surface area (Å²) < 4.78 is 103. The maximum atomic E-state index is 14.5. The number of nitrogens with two attached hydrogens (primary N) is 1. The van der Waals surface area contributed by atoms with Gasteiger partial charge in [0.1, 0.15) is 42.9 Å². The molecule has 0 aromatic rings. The van der Waals surface area contributed by atoms with E-state index in [2.05, 4.69) is 40.9 Å². The molecular formula is C57H81NO17. The van der Waals surface area contributed by atoms with Crippen molar-refractivity contribution in [2.75, 3.05) is 0 Å². The molecule has 16 aliphatic rings. The van der Waals surface area contributed by atoms with Crippen LogP contribution in [0.1, 0.15) is 137 Å². The third-order valence-corrected chi connectivity index (χ3v) is 21.1. The lowest BCUT2D eigenvalue weighted by molar-refractivity contribution is -0.371. The molecule has 0 unspecified atom stereocenters. The molecule has 0 amide bonds. The van der Waals surface area contributed by atoms with E-state index in [-0.39, 0.29) is 146 Å².